The van der Waals surface area contributed by atoms with Crippen LogP contribution in [-0.4, -0.2) is 0 Å². The molecule has 2 rings (SSSR count). The van der Waals surface area contributed by atoms with Crippen molar-refractivity contribution in [1.29, 1.82) is 0 Å². The van der Waals surface area contributed by atoms with Crippen LogP contribution in [0.2, 0.25) is 5.02 Å². The van der Waals surface area contributed by atoms with Crippen LogP contribution in [0.3, 0.4) is 0 Å². The third-order valence-electron chi connectivity index (χ3n) is 2.77. The van der Waals surface area contributed by atoms with Crippen LogP contribution < -0.4 is 5.32 Å². The molecule has 0 saturated carbocycles. The molecule has 0 fully saturated rings. The molecule has 19 heavy (non-hydrogen) atoms. The number of anilines is 1. The van der Waals surface area contributed by atoms with Gasteiger partial charge >= 0.3 is 0 Å². The highest BCUT2D eigenvalue weighted by Gasteiger charge is 2.15. The first-order chi connectivity index (χ1) is 9.00. The molecule has 0 aliphatic heterocycles. The van der Waals surface area contributed by atoms with Crippen molar-refractivity contribution in [2.24, 2.45) is 0 Å². The monoisotopic (exact) mass is 345 g/mol. The normalized spacial score (nSPS) is 12.3. The van der Waals surface area contributed by atoms with Crippen LogP contribution >= 0.6 is 27.5 Å². The van der Waals surface area contributed by atoms with Crippen molar-refractivity contribution in [3.8, 4) is 0 Å². The number of nitrogens with one attached hydrogen (secondary N) is 1. The van der Waals surface area contributed by atoms with Gasteiger partial charge in [-0.2, -0.15) is 0 Å². The van der Waals surface area contributed by atoms with Crippen molar-refractivity contribution in [3.05, 3.63) is 63.1 Å². The molecule has 0 saturated heterocycles. The highest BCUT2D eigenvalue weighted by molar-refractivity contribution is 9.10. The van der Waals surface area contributed by atoms with Crippen molar-refractivity contribution >= 4 is 33.2 Å². The fourth-order valence-electron chi connectivity index (χ4n) is 1.78. The van der Waals surface area contributed by atoms with Crippen molar-refractivity contribution in [1.82, 2.24) is 0 Å². The summed E-state index contributed by atoms with van der Waals surface area (Å²) in [5, 5.41) is 3.65. The van der Waals surface area contributed by atoms with E-state index in [1.165, 1.54) is 6.07 Å². The molecule has 1 nitrogen and oxygen atoms in total. The molecule has 2 aromatic rings. The van der Waals surface area contributed by atoms with Gasteiger partial charge in [0.25, 0.3) is 0 Å². The SMILES string of the molecule is CC(Nc1cccc(Cl)c1Br)c1cccc(F)c1F. The average molecular weight is 347 g/mol. The molecular formula is C14H11BrClF2N. The zero-order valence-electron chi connectivity index (χ0n) is 10.1. The zero-order valence-corrected chi connectivity index (χ0v) is 12.4. The van der Waals surface area contributed by atoms with Gasteiger partial charge in [0.15, 0.2) is 11.6 Å². The molecule has 0 radical (unpaired) electrons. The Bertz CT molecular complexity index is 604. The van der Waals surface area contributed by atoms with Crippen LogP contribution in [0.25, 0.3) is 0 Å². The second-order valence-electron chi connectivity index (χ2n) is 4.11. The lowest BCUT2D eigenvalue weighted by Gasteiger charge is -2.18. The van der Waals surface area contributed by atoms with Gasteiger partial charge in [-0.3, -0.25) is 0 Å². The number of hydrogen-bond acceptors (Lipinski definition) is 1. The second kappa shape index (κ2) is 5.88. The Morgan fingerprint density at radius 3 is 2.58 bits per heavy atom. The van der Waals surface area contributed by atoms with E-state index in [4.69, 9.17) is 11.6 Å². The Morgan fingerprint density at radius 1 is 1.16 bits per heavy atom. The Kier molecular flexibility index (Phi) is 4.42. The highest BCUT2D eigenvalue weighted by atomic mass is 79.9. The molecular weight excluding hydrogens is 336 g/mol. The molecule has 0 aliphatic rings. The topological polar surface area (TPSA) is 12.0 Å². The molecule has 0 bridgehead atoms. The molecule has 2 aromatic carbocycles. The van der Waals surface area contributed by atoms with Crippen molar-refractivity contribution in [3.63, 3.8) is 0 Å². The number of benzene rings is 2. The average Bonchev–Trinajstić information content (AvgIpc) is 2.38. The minimum atomic E-state index is -0.851. The van der Waals surface area contributed by atoms with E-state index in [1.807, 2.05) is 6.07 Å². The van der Waals surface area contributed by atoms with Gasteiger partial charge in [0.2, 0.25) is 0 Å². The summed E-state index contributed by atoms with van der Waals surface area (Å²) < 4.78 is 27.6. The predicted molar refractivity (Wildman–Crippen MR) is 77.5 cm³/mol. The summed E-state index contributed by atoms with van der Waals surface area (Å²) in [6.45, 7) is 1.76. The van der Waals surface area contributed by atoms with Crippen LogP contribution in [0, 0.1) is 11.6 Å². The molecule has 1 atom stereocenters. The number of halogens is 4. The first-order valence-electron chi connectivity index (χ1n) is 5.65. The van der Waals surface area contributed by atoms with Crippen molar-refractivity contribution in [2.45, 2.75) is 13.0 Å². The van der Waals surface area contributed by atoms with Crippen LogP contribution in [0.5, 0.6) is 0 Å². The molecule has 1 N–H and O–H groups in total. The molecule has 1 unspecified atom stereocenters. The Hall–Kier alpha value is -1.13. The third-order valence-corrected chi connectivity index (χ3v) is 4.17. The van der Waals surface area contributed by atoms with Crippen molar-refractivity contribution in [2.75, 3.05) is 5.32 Å². The minimum absolute atomic E-state index is 0.270. The molecule has 0 aromatic heterocycles. The Morgan fingerprint density at radius 2 is 1.84 bits per heavy atom. The largest absolute Gasteiger partial charge is 0.377 e. The predicted octanol–water partition coefficient (Wildman–Crippen LogP) is 5.55. The summed E-state index contributed by atoms with van der Waals surface area (Å²) >= 11 is 9.33. The second-order valence-corrected chi connectivity index (χ2v) is 5.31. The summed E-state index contributed by atoms with van der Waals surface area (Å²) in [7, 11) is 0. The lowest BCUT2D eigenvalue weighted by Crippen LogP contribution is -2.10. The van der Waals surface area contributed by atoms with Crippen LogP contribution in [0.15, 0.2) is 40.9 Å². The van der Waals surface area contributed by atoms with E-state index >= 15 is 0 Å². The maximum atomic E-state index is 13.7. The molecule has 0 amide bonds. The summed E-state index contributed by atoms with van der Waals surface area (Å²) in [5.74, 6) is -1.68. The fourth-order valence-corrected chi connectivity index (χ4v) is 2.33. The van der Waals surface area contributed by atoms with Crippen molar-refractivity contribution < 1.29 is 8.78 Å². The van der Waals surface area contributed by atoms with Gasteiger partial charge in [0, 0.05) is 5.56 Å². The van der Waals surface area contributed by atoms with E-state index in [9.17, 15) is 8.78 Å². The van der Waals surface area contributed by atoms with Crippen LogP contribution in [0.4, 0.5) is 14.5 Å². The number of hydrogen-bond donors (Lipinski definition) is 1. The first-order valence-corrected chi connectivity index (χ1v) is 6.82. The van der Waals surface area contributed by atoms with E-state index in [0.29, 0.717) is 9.50 Å². The van der Waals surface area contributed by atoms with E-state index in [1.54, 1.807) is 25.1 Å². The highest BCUT2D eigenvalue weighted by Crippen LogP contribution is 2.32. The van der Waals surface area contributed by atoms with E-state index < -0.39 is 11.6 Å². The van der Waals surface area contributed by atoms with Crippen LogP contribution in [0.1, 0.15) is 18.5 Å². The molecule has 0 heterocycles. The number of rotatable bonds is 3. The molecule has 0 spiro atoms. The lowest BCUT2D eigenvalue weighted by atomic mass is 10.1. The zero-order chi connectivity index (χ0) is 14.0. The third kappa shape index (κ3) is 3.07. The Labute approximate surface area is 123 Å². The Balaban J connectivity index is 2.28. The standard InChI is InChI=1S/C14H11BrClF2N/c1-8(9-4-2-6-11(17)14(9)18)19-12-7-3-5-10(16)13(12)15/h2-8,19H,1H3. The molecule has 100 valence electrons. The van der Waals surface area contributed by atoms with Gasteiger partial charge in [-0.1, -0.05) is 29.8 Å². The van der Waals surface area contributed by atoms with Gasteiger partial charge in [-0.25, -0.2) is 8.78 Å². The van der Waals surface area contributed by atoms with Crippen LogP contribution in [-0.2, 0) is 0 Å². The molecule has 5 heteroatoms. The van der Waals surface area contributed by atoms with E-state index in [-0.39, 0.29) is 11.6 Å². The summed E-state index contributed by atoms with van der Waals surface area (Å²) in [4.78, 5) is 0. The minimum Gasteiger partial charge on any atom is -0.377 e. The molecule has 0 aliphatic carbocycles. The quantitative estimate of drug-likeness (QED) is 0.768. The summed E-state index contributed by atoms with van der Waals surface area (Å²) in [6.07, 6.45) is 0. The lowest BCUT2D eigenvalue weighted by molar-refractivity contribution is 0.494. The van der Waals surface area contributed by atoms with Gasteiger partial charge in [0.05, 0.1) is 21.2 Å². The summed E-state index contributed by atoms with van der Waals surface area (Å²) in [5.41, 5.74) is 0.996. The maximum Gasteiger partial charge on any atom is 0.164 e. The van der Waals surface area contributed by atoms with E-state index in [2.05, 4.69) is 21.2 Å². The summed E-state index contributed by atoms with van der Waals surface area (Å²) in [6, 6.07) is 9.08. The smallest absolute Gasteiger partial charge is 0.164 e. The van der Waals surface area contributed by atoms with Gasteiger partial charge in [-0.15, -0.1) is 0 Å². The maximum absolute atomic E-state index is 13.7. The van der Waals surface area contributed by atoms with Gasteiger partial charge < -0.3 is 5.32 Å². The fraction of sp³-hybridized carbons (Fsp3) is 0.143. The first kappa shape index (κ1) is 14.3. The van der Waals surface area contributed by atoms with Gasteiger partial charge in [-0.05, 0) is 41.1 Å². The van der Waals surface area contributed by atoms with Gasteiger partial charge in [0.1, 0.15) is 0 Å². The van der Waals surface area contributed by atoms with E-state index in [0.717, 1.165) is 11.8 Å².